The number of nitrogens with two attached hydrogens (primary N) is 1. The summed E-state index contributed by atoms with van der Waals surface area (Å²) >= 11 is 0. The fraction of sp³-hybridized carbons (Fsp3) is 0.320. The number of H-pyrrole nitrogens is 1. The molecule has 1 aromatic heterocycles. The molecule has 6 N–H and O–H groups in total. The molecule has 0 saturated carbocycles. The van der Waals surface area contributed by atoms with Gasteiger partial charge in [0.2, 0.25) is 11.8 Å². The summed E-state index contributed by atoms with van der Waals surface area (Å²) in [6.45, 7) is 0.397. The van der Waals surface area contributed by atoms with Gasteiger partial charge in [-0.3, -0.25) is 9.59 Å². The van der Waals surface area contributed by atoms with Gasteiger partial charge in [0.15, 0.2) is 0 Å². The molecule has 0 bridgehead atoms. The standard InChI is InChI=1S/C25H28N4O5/c26-19(13-16-14-27-20-5-2-1-4-18(16)20)24(32)29-11-3-6-22(29)23(31)28-21(25(33)34)12-15-7-9-17(30)10-8-15/h1-2,4-5,7-10,14,19,21-22,27,30H,3,6,11-13,26H2,(H,28,31)(H,33,34). The first-order valence-corrected chi connectivity index (χ1v) is 11.3. The number of fused-ring (bicyclic) bond motifs is 1. The monoisotopic (exact) mass is 464 g/mol. The van der Waals surface area contributed by atoms with Gasteiger partial charge in [-0.15, -0.1) is 0 Å². The van der Waals surface area contributed by atoms with Crippen LogP contribution in [0.15, 0.2) is 54.7 Å². The lowest BCUT2D eigenvalue weighted by Gasteiger charge is -2.27. The molecule has 0 aliphatic carbocycles. The number of aromatic amines is 1. The van der Waals surface area contributed by atoms with Crippen LogP contribution >= 0.6 is 0 Å². The zero-order valence-electron chi connectivity index (χ0n) is 18.6. The summed E-state index contributed by atoms with van der Waals surface area (Å²) in [6, 6.07) is 11.1. The molecule has 3 unspecified atom stereocenters. The molecule has 3 aromatic rings. The molecular weight excluding hydrogens is 436 g/mol. The predicted molar refractivity (Wildman–Crippen MR) is 126 cm³/mol. The molecule has 2 aromatic carbocycles. The number of likely N-dealkylation sites (tertiary alicyclic amines) is 1. The molecule has 1 aliphatic heterocycles. The van der Waals surface area contributed by atoms with E-state index in [1.807, 2.05) is 30.5 Å². The van der Waals surface area contributed by atoms with Gasteiger partial charge in [0.1, 0.15) is 17.8 Å². The van der Waals surface area contributed by atoms with Crippen molar-refractivity contribution >= 4 is 28.7 Å². The molecule has 1 saturated heterocycles. The molecule has 0 radical (unpaired) electrons. The van der Waals surface area contributed by atoms with Gasteiger partial charge >= 0.3 is 5.97 Å². The van der Waals surface area contributed by atoms with Crippen molar-refractivity contribution in [3.63, 3.8) is 0 Å². The molecule has 178 valence electrons. The number of hydrogen-bond donors (Lipinski definition) is 5. The van der Waals surface area contributed by atoms with Gasteiger partial charge in [-0.25, -0.2) is 4.79 Å². The van der Waals surface area contributed by atoms with E-state index in [0.29, 0.717) is 31.4 Å². The lowest BCUT2D eigenvalue weighted by molar-refractivity contribution is -0.144. The van der Waals surface area contributed by atoms with E-state index in [1.54, 1.807) is 12.1 Å². The summed E-state index contributed by atoms with van der Waals surface area (Å²) in [5.41, 5.74) is 8.80. The van der Waals surface area contributed by atoms with Crippen molar-refractivity contribution in [1.29, 1.82) is 0 Å². The number of amides is 2. The predicted octanol–water partition coefficient (Wildman–Crippen LogP) is 1.55. The van der Waals surface area contributed by atoms with Crippen LogP contribution in [0.1, 0.15) is 24.0 Å². The summed E-state index contributed by atoms with van der Waals surface area (Å²) in [6.07, 6.45) is 3.31. The first-order chi connectivity index (χ1) is 16.3. The van der Waals surface area contributed by atoms with Gasteiger partial charge in [-0.1, -0.05) is 30.3 Å². The van der Waals surface area contributed by atoms with Crippen LogP contribution in [0.4, 0.5) is 0 Å². The third-order valence-corrected chi connectivity index (χ3v) is 6.26. The van der Waals surface area contributed by atoms with Crippen LogP contribution in [-0.2, 0) is 27.2 Å². The Kier molecular flexibility index (Phi) is 6.83. The number of aromatic nitrogens is 1. The summed E-state index contributed by atoms with van der Waals surface area (Å²) in [5.74, 6) is -1.93. The second-order valence-electron chi connectivity index (χ2n) is 8.63. The van der Waals surface area contributed by atoms with Gasteiger partial charge in [-0.05, 0) is 48.6 Å². The van der Waals surface area contributed by atoms with Gasteiger partial charge < -0.3 is 31.1 Å². The zero-order valence-corrected chi connectivity index (χ0v) is 18.6. The van der Waals surface area contributed by atoms with Crippen LogP contribution in [0.2, 0.25) is 0 Å². The highest BCUT2D eigenvalue weighted by Crippen LogP contribution is 2.22. The number of carboxylic acid groups (broad SMARTS) is 1. The summed E-state index contributed by atoms with van der Waals surface area (Å²) in [7, 11) is 0. The van der Waals surface area contributed by atoms with Crippen molar-refractivity contribution in [1.82, 2.24) is 15.2 Å². The quantitative estimate of drug-likeness (QED) is 0.341. The Labute approximate surface area is 196 Å². The highest BCUT2D eigenvalue weighted by molar-refractivity contribution is 5.93. The van der Waals surface area contributed by atoms with Crippen LogP contribution < -0.4 is 11.1 Å². The maximum Gasteiger partial charge on any atom is 0.326 e. The summed E-state index contributed by atoms with van der Waals surface area (Å²) < 4.78 is 0. The smallest absolute Gasteiger partial charge is 0.326 e. The normalized spacial score (nSPS) is 17.4. The Morgan fingerprint density at radius 1 is 1.12 bits per heavy atom. The number of phenolic OH excluding ortho intramolecular Hbond substituents is 1. The maximum atomic E-state index is 13.1. The third kappa shape index (κ3) is 5.04. The first kappa shape index (κ1) is 23.3. The molecule has 9 nitrogen and oxygen atoms in total. The van der Waals surface area contributed by atoms with E-state index < -0.39 is 30.0 Å². The van der Waals surface area contributed by atoms with Crippen molar-refractivity contribution in [3.05, 3.63) is 65.9 Å². The fourth-order valence-corrected chi connectivity index (χ4v) is 4.48. The molecule has 2 amide bonds. The van der Waals surface area contributed by atoms with E-state index in [0.717, 1.165) is 16.5 Å². The number of carbonyl (C=O) groups excluding carboxylic acids is 2. The van der Waals surface area contributed by atoms with Crippen molar-refractivity contribution in [2.24, 2.45) is 5.73 Å². The topological polar surface area (TPSA) is 149 Å². The Hall–Kier alpha value is -3.85. The maximum absolute atomic E-state index is 13.1. The number of benzene rings is 2. The summed E-state index contributed by atoms with van der Waals surface area (Å²) in [4.78, 5) is 42.5. The third-order valence-electron chi connectivity index (χ3n) is 6.26. The highest BCUT2D eigenvalue weighted by atomic mass is 16.4. The van der Waals surface area contributed by atoms with Crippen LogP contribution in [0.25, 0.3) is 10.9 Å². The molecule has 3 atom stereocenters. The number of nitrogens with zero attached hydrogens (tertiary/aromatic N) is 1. The van der Waals surface area contributed by atoms with Crippen molar-refractivity contribution in [2.45, 2.75) is 43.8 Å². The van der Waals surface area contributed by atoms with Crippen molar-refractivity contribution < 1.29 is 24.6 Å². The molecule has 2 heterocycles. The second kappa shape index (κ2) is 9.96. The largest absolute Gasteiger partial charge is 0.508 e. The number of para-hydroxylation sites is 1. The minimum atomic E-state index is -1.17. The lowest BCUT2D eigenvalue weighted by atomic mass is 10.0. The van der Waals surface area contributed by atoms with Gasteiger partial charge in [0, 0.05) is 30.1 Å². The minimum Gasteiger partial charge on any atom is -0.508 e. The number of phenols is 1. The molecule has 1 fully saturated rings. The molecule has 1 aliphatic rings. The number of aliphatic carboxylic acids is 1. The molecule has 0 spiro atoms. The molecule has 4 rings (SSSR count). The van der Waals surface area contributed by atoms with Crippen LogP contribution in [0.3, 0.4) is 0 Å². The lowest BCUT2D eigenvalue weighted by Crippen LogP contribution is -2.54. The fourth-order valence-electron chi connectivity index (χ4n) is 4.48. The number of nitrogens with one attached hydrogen (secondary N) is 2. The zero-order chi connectivity index (χ0) is 24.2. The Balaban J connectivity index is 1.41. The molecule has 9 heteroatoms. The minimum absolute atomic E-state index is 0.0576. The van der Waals surface area contributed by atoms with E-state index in [1.165, 1.54) is 17.0 Å². The van der Waals surface area contributed by atoms with Crippen molar-refractivity contribution in [2.75, 3.05) is 6.54 Å². The van der Waals surface area contributed by atoms with E-state index in [2.05, 4.69) is 10.3 Å². The van der Waals surface area contributed by atoms with Gasteiger partial charge in [0.05, 0.1) is 6.04 Å². The van der Waals surface area contributed by atoms with E-state index in [9.17, 15) is 24.6 Å². The number of carbonyl (C=O) groups is 3. The second-order valence-corrected chi connectivity index (χ2v) is 8.63. The van der Waals surface area contributed by atoms with Crippen LogP contribution in [-0.4, -0.2) is 62.6 Å². The molecule has 34 heavy (non-hydrogen) atoms. The number of rotatable bonds is 8. The van der Waals surface area contributed by atoms with E-state index >= 15 is 0 Å². The van der Waals surface area contributed by atoms with Gasteiger partial charge in [-0.2, -0.15) is 0 Å². The number of hydrogen-bond acceptors (Lipinski definition) is 5. The van der Waals surface area contributed by atoms with E-state index in [4.69, 9.17) is 5.73 Å². The summed E-state index contributed by atoms with van der Waals surface area (Å²) in [5, 5.41) is 22.6. The first-order valence-electron chi connectivity index (χ1n) is 11.3. The Morgan fingerprint density at radius 3 is 2.59 bits per heavy atom. The SMILES string of the molecule is NC(Cc1c[nH]c2ccccc12)C(=O)N1CCCC1C(=O)NC(Cc1ccc(O)cc1)C(=O)O. The average molecular weight is 465 g/mol. The Morgan fingerprint density at radius 2 is 1.85 bits per heavy atom. The average Bonchev–Trinajstić information content (AvgIpc) is 3.47. The van der Waals surface area contributed by atoms with Gasteiger partial charge in [0.25, 0.3) is 0 Å². The van der Waals surface area contributed by atoms with Crippen LogP contribution in [0.5, 0.6) is 5.75 Å². The highest BCUT2D eigenvalue weighted by Gasteiger charge is 2.37. The van der Waals surface area contributed by atoms with Crippen molar-refractivity contribution in [3.8, 4) is 5.75 Å². The van der Waals surface area contributed by atoms with E-state index in [-0.39, 0.29) is 18.1 Å². The molecular formula is C25H28N4O5. The van der Waals surface area contributed by atoms with Crippen LogP contribution in [0, 0.1) is 0 Å². The number of aromatic hydroxyl groups is 1. The Bertz CT molecular complexity index is 1190. The number of carboxylic acids is 1.